The first-order valence-corrected chi connectivity index (χ1v) is 8.97. The molecule has 0 saturated carbocycles. The molecule has 2 aromatic carbocycles. The lowest BCUT2D eigenvalue weighted by atomic mass is 10.1. The van der Waals surface area contributed by atoms with E-state index in [0.29, 0.717) is 18.2 Å². The van der Waals surface area contributed by atoms with Gasteiger partial charge in [-0.3, -0.25) is 9.69 Å². The van der Waals surface area contributed by atoms with Crippen LogP contribution in [0, 0.1) is 0 Å². The summed E-state index contributed by atoms with van der Waals surface area (Å²) >= 11 is 1.49. The summed E-state index contributed by atoms with van der Waals surface area (Å²) in [7, 11) is 0. The fourth-order valence-electron chi connectivity index (χ4n) is 3.30. The van der Waals surface area contributed by atoms with Gasteiger partial charge in [-0.25, -0.2) is 9.97 Å². The third-order valence-electron chi connectivity index (χ3n) is 4.47. The van der Waals surface area contributed by atoms with Crippen molar-refractivity contribution in [2.24, 2.45) is 0 Å². The molecule has 5 nitrogen and oxygen atoms in total. The van der Waals surface area contributed by atoms with Gasteiger partial charge in [-0.2, -0.15) is 0 Å². The van der Waals surface area contributed by atoms with Crippen LogP contribution in [-0.2, 0) is 6.54 Å². The summed E-state index contributed by atoms with van der Waals surface area (Å²) in [5, 5.41) is 0. The third kappa shape index (κ3) is 2.18. The Morgan fingerprint density at radius 3 is 2.68 bits per heavy atom. The minimum Gasteiger partial charge on any atom is -0.308 e. The monoisotopic (exact) mass is 346 g/mol. The highest BCUT2D eigenvalue weighted by molar-refractivity contribution is 7.13. The summed E-state index contributed by atoms with van der Waals surface area (Å²) in [6.07, 6.45) is 0. The molecule has 1 aliphatic heterocycles. The smallest absolute Gasteiger partial charge is 0.280 e. The van der Waals surface area contributed by atoms with Gasteiger partial charge in [0.15, 0.2) is 0 Å². The summed E-state index contributed by atoms with van der Waals surface area (Å²) in [4.78, 5) is 24.8. The van der Waals surface area contributed by atoms with Crippen LogP contribution in [0.5, 0.6) is 0 Å². The molecule has 4 aromatic rings. The molecule has 6 heteroatoms. The van der Waals surface area contributed by atoms with Gasteiger partial charge in [-0.1, -0.05) is 42.5 Å². The Kier molecular flexibility index (Phi) is 3.18. The second-order valence-electron chi connectivity index (χ2n) is 5.91. The van der Waals surface area contributed by atoms with Gasteiger partial charge >= 0.3 is 0 Å². The summed E-state index contributed by atoms with van der Waals surface area (Å²) < 4.78 is 2.10. The number of aromatic nitrogens is 3. The molecule has 1 amide bonds. The Morgan fingerprint density at radius 1 is 1.00 bits per heavy atom. The van der Waals surface area contributed by atoms with Crippen molar-refractivity contribution in [2.75, 3.05) is 11.4 Å². The van der Waals surface area contributed by atoms with E-state index in [1.54, 1.807) is 10.4 Å². The fourth-order valence-corrected chi connectivity index (χ4v) is 4.09. The zero-order valence-corrected chi connectivity index (χ0v) is 14.1. The van der Waals surface area contributed by atoms with Crippen molar-refractivity contribution < 1.29 is 4.79 Å². The van der Waals surface area contributed by atoms with Crippen molar-refractivity contribution in [3.05, 3.63) is 65.8 Å². The van der Waals surface area contributed by atoms with Crippen molar-refractivity contribution in [2.45, 2.75) is 6.54 Å². The van der Waals surface area contributed by atoms with Crippen LogP contribution in [0.4, 0.5) is 5.95 Å². The Balaban J connectivity index is 1.57. The summed E-state index contributed by atoms with van der Waals surface area (Å²) in [6.45, 7) is 1.38. The molecule has 25 heavy (non-hydrogen) atoms. The number of carbonyl (C=O) groups is 1. The molecular formula is C19H14N4OS. The molecule has 0 spiro atoms. The van der Waals surface area contributed by atoms with Crippen molar-refractivity contribution >= 4 is 34.2 Å². The minimum atomic E-state index is -0.0887. The standard InChI is InChI=1S/C19H14N4OS/c24-18(16-17(25-12-20-16)13-6-2-1-3-7-13)23-11-10-22-15-9-5-4-8-14(15)21-19(22)23/h1-9,12H,10-11H2. The van der Waals surface area contributed by atoms with E-state index in [4.69, 9.17) is 0 Å². The molecule has 0 aliphatic carbocycles. The molecule has 3 heterocycles. The molecule has 0 unspecified atom stereocenters. The van der Waals surface area contributed by atoms with Crippen molar-refractivity contribution in [1.29, 1.82) is 0 Å². The molecule has 0 fully saturated rings. The molecule has 0 saturated heterocycles. The maximum absolute atomic E-state index is 13.2. The number of thiazole rings is 1. The third-order valence-corrected chi connectivity index (χ3v) is 5.35. The molecule has 1 aliphatic rings. The van der Waals surface area contributed by atoms with E-state index in [1.807, 2.05) is 54.6 Å². The number of benzene rings is 2. The van der Waals surface area contributed by atoms with Gasteiger partial charge in [-0.05, 0) is 17.7 Å². The van der Waals surface area contributed by atoms with Crippen LogP contribution in [0.2, 0.25) is 0 Å². The second-order valence-corrected chi connectivity index (χ2v) is 6.76. The molecule has 0 N–H and O–H groups in total. The van der Waals surface area contributed by atoms with E-state index in [2.05, 4.69) is 14.5 Å². The van der Waals surface area contributed by atoms with Crippen LogP contribution in [0.3, 0.4) is 0 Å². The fraction of sp³-hybridized carbons (Fsp3) is 0.105. The average Bonchev–Trinajstić information content (AvgIpc) is 3.36. The molecule has 122 valence electrons. The predicted octanol–water partition coefficient (Wildman–Crippen LogP) is 3.82. The van der Waals surface area contributed by atoms with E-state index in [1.165, 1.54) is 11.3 Å². The van der Waals surface area contributed by atoms with Crippen LogP contribution in [0.15, 0.2) is 60.1 Å². The summed E-state index contributed by atoms with van der Waals surface area (Å²) in [5.41, 5.74) is 5.22. The number of imidazole rings is 1. The van der Waals surface area contributed by atoms with Gasteiger partial charge < -0.3 is 4.57 Å². The van der Waals surface area contributed by atoms with Gasteiger partial charge in [0, 0.05) is 13.1 Å². The van der Waals surface area contributed by atoms with Crippen molar-refractivity contribution in [3.8, 4) is 10.4 Å². The molecule has 0 atom stereocenters. The number of amides is 1. The lowest BCUT2D eigenvalue weighted by Gasteiger charge is -2.13. The molecule has 0 radical (unpaired) electrons. The minimum absolute atomic E-state index is 0.0887. The number of fused-ring (bicyclic) bond motifs is 3. The Morgan fingerprint density at radius 2 is 1.80 bits per heavy atom. The van der Waals surface area contributed by atoms with Gasteiger partial charge in [-0.15, -0.1) is 11.3 Å². The highest BCUT2D eigenvalue weighted by Crippen LogP contribution is 2.32. The normalized spacial score (nSPS) is 13.4. The van der Waals surface area contributed by atoms with Gasteiger partial charge in [0.1, 0.15) is 5.69 Å². The average molecular weight is 346 g/mol. The maximum atomic E-state index is 13.2. The van der Waals surface area contributed by atoms with E-state index in [0.717, 1.165) is 28.0 Å². The van der Waals surface area contributed by atoms with Crippen molar-refractivity contribution in [3.63, 3.8) is 0 Å². The van der Waals surface area contributed by atoms with Crippen LogP contribution in [0.25, 0.3) is 21.5 Å². The lowest BCUT2D eigenvalue weighted by Crippen LogP contribution is -2.30. The summed E-state index contributed by atoms with van der Waals surface area (Å²) in [5.74, 6) is 0.618. The quantitative estimate of drug-likeness (QED) is 0.554. The van der Waals surface area contributed by atoms with Crippen molar-refractivity contribution in [1.82, 2.24) is 14.5 Å². The zero-order valence-electron chi connectivity index (χ0n) is 13.3. The number of hydrogen-bond acceptors (Lipinski definition) is 4. The van der Waals surface area contributed by atoms with E-state index < -0.39 is 0 Å². The SMILES string of the molecule is O=C(c1ncsc1-c1ccccc1)N1CCn2c1nc1ccccc12. The van der Waals surface area contributed by atoms with Crippen LogP contribution < -0.4 is 4.90 Å². The van der Waals surface area contributed by atoms with Gasteiger partial charge in [0.25, 0.3) is 5.91 Å². The van der Waals surface area contributed by atoms with Crippen LogP contribution in [0.1, 0.15) is 10.5 Å². The number of anilines is 1. The maximum Gasteiger partial charge on any atom is 0.280 e. The van der Waals surface area contributed by atoms with Crippen LogP contribution in [-0.4, -0.2) is 27.0 Å². The van der Waals surface area contributed by atoms with E-state index in [-0.39, 0.29) is 5.91 Å². The molecule has 2 aromatic heterocycles. The van der Waals surface area contributed by atoms with Gasteiger partial charge in [0.2, 0.25) is 5.95 Å². The second kappa shape index (κ2) is 5.53. The number of nitrogens with zero attached hydrogens (tertiary/aromatic N) is 4. The topological polar surface area (TPSA) is 51.0 Å². The number of hydrogen-bond donors (Lipinski definition) is 0. The van der Waals surface area contributed by atoms with E-state index >= 15 is 0 Å². The Hall–Kier alpha value is -2.99. The number of para-hydroxylation sites is 2. The molecule has 0 bridgehead atoms. The number of carbonyl (C=O) groups excluding carboxylic acids is 1. The first-order valence-electron chi connectivity index (χ1n) is 8.09. The first kappa shape index (κ1) is 14.4. The highest BCUT2D eigenvalue weighted by Gasteiger charge is 2.31. The highest BCUT2D eigenvalue weighted by atomic mass is 32.1. The summed E-state index contributed by atoms with van der Waals surface area (Å²) in [6, 6.07) is 17.9. The largest absolute Gasteiger partial charge is 0.308 e. The predicted molar refractivity (Wildman–Crippen MR) is 99.0 cm³/mol. The Labute approximate surface area is 148 Å². The zero-order chi connectivity index (χ0) is 16.8. The van der Waals surface area contributed by atoms with Crippen LogP contribution >= 0.6 is 11.3 Å². The number of rotatable bonds is 2. The molecule has 5 rings (SSSR count). The van der Waals surface area contributed by atoms with E-state index in [9.17, 15) is 4.79 Å². The molecular weight excluding hydrogens is 332 g/mol. The first-order chi connectivity index (χ1) is 12.3. The lowest BCUT2D eigenvalue weighted by molar-refractivity contribution is 0.0985. The van der Waals surface area contributed by atoms with Gasteiger partial charge in [0.05, 0.1) is 21.4 Å². The Bertz CT molecular complexity index is 1080.